The van der Waals surface area contributed by atoms with Crippen LogP contribution in [0.1, 0.15) is 76.3 Å². The Balaban J connectivity index is 1.84. The molecule has 1 aliphatic rings. The van der Waals surface area contributed by atoms with Crippen molar-refractivity contribution in [2.45, 2.75) is 77.6 Å². The number of aromatic nitrogens is 1. The number of pyridine rings is 1. The number of benzene rings is 1. The zero-order chi connectivity index (χ0) is 20.0. The molecule has 0 spiro atoms. The molecule has 1 unspecified atom stereocenters. The van der Waals surface area contributed by atoms with E-state index in [1.165, 1.54) is 53.2 Å². The first kappa shape index (κ1) is 21.0. The molecular formula is C25H35NOSi. The Kier molecular flexibility index (Phi) is 7.25. The average molecular weight is 394 g/mol. The molecule has 0 N–H and O–H groups in total. The van der Waals surface area contributed by atoms with Gasteiger partial charge in [-0.1, -0.05) is 51.1 Å². The third-order valence-corrected chi connectivity index (χ3v) is 11.2. The molecule has 1 atom stereocenters. The summed E-state index contributed by atoms with van der Waals surface area (Å²) in [6.45, 7) is 9.11. The van der Waals surface area contributed by atoms with Gasteiger partial charge in [-0.15, -0.1) is 0 Å². The number of hydrogen-bond donors (Lipinski definition) is 0. The summed E-state index contributed by atoms with van der Waals surface area (Å²) in [5.41, 5.74) is 6.69. The number of nitrogens with zero attached hydrogens (tertiary/aromatic N) is 1. The van der Waals surface area contributed by atoms with Crippen LogP contribution in [0, 0.1) is 0 Å². The summed E-state index contributed by atoms with van der Waals surface area (Å²) in [5, 5.41) is 0. The Hall–Kier alpha value is -1.71. The maximum absolute atomic E-state index is 6.66. The van der Waals surface area contributed by atoms with Gasteiger partial charge in [0, 0.05) is 6.20 Å². The van der Waals surface area contributed by atoms with Crippen molar-refractivity contribution in [1.29, 1.82) is 0 Å². The van der Waals surface area contributed by atoms with Gasteiger partial charge >= 0.3 is 0 Å². The van der Waals surface area contributed by atoms with Crippen molar-refractivity contribution in [2.24, 2.45) is 0 Å². The first-order valence-corrected chi connectivity index (χ1v) is 13.6. The fourth-order valence-corrected chi connectivity index (χ4v) is 7.33. The lowest BCUT2D eigenvalue weighted by Crippen LogP contribution is -2.36. The number of allylic oxidation sites excluding steroid dienone is 2. The average Bonchev–Trinajstić information content (AvgIpc) is 2.78. The minimum absolute atomic E-state index is 0.177. The van der Waals surface area contributed by atoms with Gasteiger partial charge in [-0.05, 0) is 85.1 Å². The lowest BCUT2D eigenvalue weighted by molar-refractivity contribution is 0.210. The van der Waals surface area contributed by atoms with Crippen molar-refractivity contribution in [3.05, 3.63) is 65.5 Å². The van der Waals surface area contributed by atoms with Gasteiger partial charge in [-0.3, -0.25) is 4.98 Å². The highest BCUT2D eigenvalue weighted by molar-refractivity contribution is 6.73. The minimum Gasteiger partial charge on any atom is -0.410 e. The minimum atomic E-state index is -1.58. The largest absolute Gasteiger partial charge is 0.410 e. The second-order valence-electron chi connectivity index (χ2n) is 8.00. The maximum atomic E-state index is 6.66. The molecule has 3 heteroatoms. The maximum Gasteiger partial charge on any atom is 0.192 e. The Bertz CT molecular complexity index is 770. The smallest absolute Gasteiger partial charge is 0.192 e. The molecule has 2 aromatic rings. The van der Waals surface area contributed by atoms with Crippen LogP contribution in [0.25, 0.3) is 11.1 Å². The van der Waals surface area contributed by atoms with Gasteiger partial charge in [0.15, 0.2) is 8.32 Å². The molecule has 0 fully saturated rings. The zero-order valence-electron chi connectivity index (χ0n) is 18.0. The second kappa shape index (κ2) is 9.66. The molecule has 0 aliphatic heterocycles. The molecule has 1 aromatic carbocycles. The second-order valence-corrected chi connectivity index (χ2v) is 12.7. The Morgan fingerprint density at radius 3 is 2.11 bits per heavy atom. The SMILES string of the molecule is CC[Si](CC)(CC)OC(C)c1ccc(C2=C(c3ccccn3)CCCC2)cc1. The van der Waals surface area contributed by atoms with Crippen molar-refractivity contribution >= 4 is 19.5 Å². The van der Waals surface area contributed by atoms with Gasteiger partial charge in [-0.2, -0.15) is 0 Å². The zero-order valence-corrected chi connectivity index (χ0v) is 19.0. The van der Waals surface area contributed by atoms with Gasteiger partial charge in [-0.25, -0.2) is 0 Å². The van der Waals surface area contributed by atoms with E-state index < -0.39 is 8.32 Å². The van der Waals surface area contributed by atoms with Crippen molar-refractivity contribution < 1.29 is 4.43 Å². The van der Waals surface area contributed by atoms with Crippen molar-refractivity contribution in [3.63, 3.8) is 0 Å². The highest BCUT2D eigenvalue weighted by Crippen LogP contribution is 2.38. The molecule has 0 radical (unpaired) electrons. The van der Waals surface area contributed by atoms with E-state index in [-0.39, 0.29) is 6.10 Å². The summed E-state index contributed by atoms with van der Waals surface area (Å²) in [6, 6.07) is 19.0. The van der Waals surface area contributed by atoms with E-state index in [9.17, 15) is 0 Å². The quantitative estimate of drug-likeness (QED) is 0.430. The molecule has 1 aromatic heterocycles. The summed E-state index contributed by atoms with van der Waals surface area (Å²) in [4.78, 5) is 4.62. The molecule has 0 amide bonds. The van der Waals surface area contributed by atoms with E-state index in [1.807, 2.05) is 12.3 Å². The summed E-state index contributed by atoms with van der Waals surface area (Å²) < 4.78 is 6.66. The Morgan fingerprint density at radius 1 is 0.893 bits per heavy atom. The topological polar surface area (TPSA) is 22.1 Å². The third-order valence-electron chi connectivity index (χ3n) is 6.53. The van der Waals surface area contributed by atoms with E-state index in [1.54, 1.807) is 0 Å². The van der Waals surface area contributed by atoms with Gasteiger partial charge in [0.2, 0.25) is 0 Å². The van der Waals surface area contributed by atoms with Gasteiger partial charge < -0.3 is 4.43 Å². The van der Waals surface area contributed by atoms with Gasteiger partial charge in [0.25, 0.3) is 0 Å². The van der Waals surface area contributed by atoms with E-state index in [2.05, 4.69) is 69.1 Å². The first-order chi connectivity index (χ1) is 13.6. The molecular weight excluding hydrogens is 358 g/mol. The van der Waals surface area contributed by atoms with Crippen molar-refractivity contribution in [1.82, 2.24) is 4.98 Å². The predicted octanol–water partition coefficient (Wildman–Crippen LogP) is 7.65. The first-order valence-electron chi connectivity index (χ1n) is 11.0. The van der Waals surface area contributed by atoms with E-state index in [4.69, 9.17) is 4.43 Å². The standard InChI is InChI=1S/C25H35NOSi/c1-5-28(6-2,7-3)27-20(4)21-15-17-22(18-16-21)23-12-8-9-13-24(23)25-14-10-11-19-26-25/h10-11,14-20H,5-9,12-13H2,1-4H3. The molecule has 0 bridgehead atoms. The van der Waals surface area contributed by atoms with E-state index >= 15 is 0 Å². The fourth-order valence-electron chi connectivity index (χ4n) is 4.45. The molecule has 1 aliphatic carbocycles. The fraction of sp³-hybridized carbons (Fsp3) is 0.480. The molecule has 28 heavy (non-hydrogen) atoms. The molecule has 2 nitrogen and oxygen atoms in total. The van der Waals surface area contributed by atoms with Crippen LogP contribution in [0.5, 0.6) is 0 Å². The van der Waals surface area contributed by atoms with Crippen molar-refractivity contribution in [3.8, 4) is 0 Å². The van der Waals surface area contributed by atoms with E-state index in [0.29, 0.717) is 0 Å². The molecule has 0 saturated heterocycles. The van der Waals surface area contributed by atoms with Crippen LogP contribution in [-0.4, -0.2) is 13.3 Å². The van der Waals surface area contributed by atoms with Gasteiger partial charge in [0.1, 0.15) is 0 Å². The van der Waals surface area contributed by atoms with Crippen LogP contribution in [-0.2, 0) is 4.43 Å². The highest BCUT2D eigenvalue weighted by atomic mass is 28.4. The number of rotatable bonds is 8. The summed E-state index contributed by atoms with van der Waals surface area (Å²) >= 11 is 0. The van der Waals surface area contributed by atoms with Crippen LogP contribution in [0.2, 0.25) is 18.1 Å². The predicted molar refractivity (Wildman–Crippen MR) is 123 cm³/mol. The Labute approximate surface area is 172 Å². The van der Waals surface area contributed by atoms with Crippen LogP contribution in [0.3, 0.4) is 0 Å². The summed E-state index contributed by atoms with van der Waals surface area (Å²) in [7, 11) is -1.58. The van der Waals surface area contributed by atoms with Crippen LogP contribution < -0.4 is 0 Å². The van der Waals surface area contributed by atoms with Crippen LogP contribution >= 0.6 is 0 Å². The van der Waals surface area contributed by atoms with Crippen LogP contribution in [0.15, 0.2) is 48.7 Å². The van der Waals surface area contributed by atoms with E-state index in [0.717, 1.165) is 18.5 Å². The summed E-state index contributed by atoms with van der Waals surface area (Å²) in [5.74, 6) is 0. The van der Waals surface area contributed by atoms with Crippen molar-refractivity contribution in [2.75, 3.05) is 0 Å². The highest BCUT2D eigenvalue weighted by Gasteiger charge is 2.31. The third kappa shape index (κ3) is 4.64. The lowest BCUT2D eigenvalue weighted by Gasteiger charge is -2.32. The molecule has 0 saturated carbocycles. The molecule has 150 valence electrons. The Morgan fingerprint density at radius 2 is 1.54 bits per heavy atom. The molecule has 1 heterocycles. The monoisotopic (exact) mass is 393 g/mol. The normalized spacial score (nSPS) is 16.3. The number of hydrogen-bond acceptors (Lipinski definition) is 2. The molecule has 3 rings (SSSR count). The van der Waals surface area contributed by atoms with Gasteiger partial charge in [0.05, 0.1) is 11.8 Å². The van der Waals surface area contributed by atoms with Crippen LogP contribution in [0.4, 0.5) is 0 Å². The lowest BCUT2D eigenvalue weighted by atomic mass is 9.85. The summed E-state index contributed by atoms with van der Waals surface area (Å²) in [6.07, 6.45) is 6.89.